The standard InChI is InChI=1S/C16H25N3O2S/c1-3-9-19(15(20)12-11-17-18-22-12)13-10-14(21-4-2)16(13)7-5-6-8-16/h11,13-14H,3-10H2,1-2H3/t13-,14+/m1/s1. The second-order valence-corrected chi connectivity index (χ2v) is 7.20. The molecule has 22 heavy (non-hydrogen) atoms. The lowest BCUT2D eigenvalue weighted by Crippen LogP contribution is -2.65. The van der Waals surface area contributed by atoms with Gasteiger partial charge in [-0.15, -0.1) is 5.10 Å². The molecule has 0 aromatic carbocycles. The van der Waals surface area contributed by atoms with Crippen molar-refractivity contribution in [3.05, 3.63) is 11.1 Å². The summed E-state index contributed by atoms with van der Waals surface area (Å²) in [4.78, 5) is 15.6. The van der Waals surface area contributed by atoms with Crippen molar-refractivity contribution < 1.29 is 9.53 Å². The molecule has 0 N–H and O–H groups in total. The quantitative estimate of drug-likeness (QED) is 0.807. The van der Waals surface area contributed by atoms with Crippen molar-refractivity contribution >= 4 is 17.4 Å². The smallest absolute Gasteiger partial charge is 0.267 e. The third kappa shape index (κ3) is 2.56. The predicted octanol–water partition coefficient (Wildman–Crippen LogP) is 3.13. The van der Waals surface area contributed by atoms with Crippen molar-refractivity contribution in [1.29, 1.82) is 0 Å². The van der Waals surface area contributed by atoms with E-state index in [0.29, 0.717) is 17.0 Å². The normalized spacial score (nSPS) is 26.1. The Kier molecular flexibility index (Phi) is 4.78. The molecule has 1 spiro atoms. The van der Waals surface area contributed by atoms with Crippen LogP contribution in [0.1, 0.15) is 62.0 Å². The van der Waals surface area contributed by atoms with Gasteiger partial charge in [0.05, 0.1) is 12.3 Å². The molecule has 2 saturated carbocycles. The Hall–Kier alpha value is -1.01. The van der Waals surface area contributed by atoms with Gasteiger partial charge in [-0.25, -0.2) is 0 Å². The first kappa shape index (κ1) is 15.9. The average Bonchev–Trinajstić information content (AvgIpc) is 3.21. The minimum absolute atomic E-state index is 0.100. The number of hydrogen-bond acceptors (Lipinski definition) is 5. The summed E-state index contributed by atoms with van der Waals surface area (Å²) in [6.07, 6.45) is 8.78. The first-order valence-corrected chi connectivity index (χ1v) is 9.20. The SMILES string of the molecule is CCCN(C(=O)c1cnns1)[C@@H]1C[C@H](OCC)C12CCCC2. The lowest BCUT2D eigenvalue weighted by atomic mass is 9.59. The van der Waals surface area contributed by atoms with Crippen molar-refractivity contribution in [3.8, 4) is 0 Å². The van der Waals surface area contributed by atoms with Crippen LogP contribution in [-0.4, -0.2) is 45.7 Å². The van der Waals surface area contributed by atoms with Crippen molar-refractivity contribution in [1.82, 2.24) is 14.5 Å². The second-order valence-electron chi connectivity index (χ2n) is 6.42. The fourth-order valence-corrected chi connectivity index (χ4v) is 4.80. The molecule has 3 rings (SSSR count). The lowest BCUT2D eigenvalue weighted by Gasteiger charge is -2.57. The van der Waals surface area contributed by atoms with Crippen LogP contribution in [0.5, 0.6) is 0 Å². The summed E-state index contributed by atoms with van der Waals surface area (Å²) in [5.41, 5.74) is 0.193. The minimum Gasteiger partial charge on any atom is -0.378 e. The molecule has 0 saturated heterocycles. The number of amides is 1. The van der Waals surface area contributed by atoms with Crippen LogP contribution in [0.25, 0.3) is 0 Å². The zero-order chi connectivity index (χ0) is 15.6. The van der Waals surface area contributed by atoms with Crippen LogP contribution in [0.15, 0.2) is 6.20 Å². The largest absolute Gasteiger partial charge is 0.378 e. The molecule has 1 aromatic heterocycles. The summed E-state index contributed by atoms with van der Waals surface area (Å²) in [7, 11) is 0. The maximum Gasteiger partial charge on any atom is 0.267 e. The lowest BCUT2D eigenvalue weighted by molar-refractivity contribution is -0.156. The summed E-state index contributed by atoms with van der Waals surface area (Å²) >= 11 is 1.20. The van der Waals surface area contributed by atoms with Gasteiger partial charge in [0, 0.05) is 24.6 Å². The molecular formula is C16H25N3O2S. The zero-order valence-corrected chi connectivity index (χ0v) is 14.3. The molecule has 2 fully saturated rings. The Balaban J connectivity index is 1.81. The monoisotopic (exact) mass is 323 g/mol. The van der Waals surface area contributed by atoms with Crippen molar-refractivity contribution in [3.63, 3.8) is 0 Å². The van der Waals surface area contributed by atoms with E-state index < -0.39 is 0 Å². The van der Waals surface area contributed by atoms with Gasteiger partial charge in [-0.3, -0.25) is 4.79 Å². The number of rotatable bonds is 6. The van der Waals surface area contributed by atoms with Gasteiger partial charge in [0.25, 0.3) is 5.91 Å². The van der Waals surface area contributed by atoms with E-state index in [9.17, 15) is 4.79 Å². The Morgan fingerprint density at radius 1 is 1.45 bits per heavy atom. The summed E-state index contributed by atoms with van der Waals surface area (Å²) in [6, 6.07) is 0.320. The van der Waals surface area contributed by atoms with Crippen LogP contribution >= 0.6 is 11.5 Å². The average molecular weight is 323 g/mol. The van der Waals surface area contributed by atoms with Crippen LogP contribution in [0, 0.1) is 5.41 Å². The van der Waals surface area contributed by atoms with E-state index in [-0.39, 0.29) is 11.3 Å². The molecule has 2 aliphatic rings. The molecule has 2 atom stereocenters. The number of nitrogens with zero attached hydrogens (tertiary/aromatic N) is 3. The first-order chi connectivity index (χ1) is 10.7. The summed E-state index contributed by atoms with van der Waals surface area (Å²) in [5.74, 6) is 0.100. The molecule has 0 aliphatic heterocycles. The van der Waals surface area contributed by atoms with Crippen LogP contribution in [0.3, 0.4) is 0 Å². The number of hydrogen-bond donors (Lipinski definition) is 0. The Bertz CT molecular complexity index is 499. The van der Waals surface area contributed by atoms with E-state index in [4.69, 9.17) is 4.74 Å². The molecule has 1 heterocycles. The first-order valence-electron chi connectivity index (χ1n) is 8.43. The third-order valence-electron chi connectivity index (χ3n) is 5.32. The predicted molar refractivity (Wildman–Crippen MR) is 86.0 cm³/mol. The fourth-order valence-electron chi connectivity index (χ4n) is 4.33. The number of carbonyl (C=O) groups is 1. The van der Waals surface area contributed by atoms with Gasteiger partial charge >= 0.3 is 0 Å². The highest BCUT2D eigenvalue weighted by atomic mass is 32.1. The highest BCUT2D eigenvalue weighted by molar-refractivity contribution is 7.07. The molecule has 1 amide bonds. The second kappa shape index (κ2) is 6.62. The highest BCUT2D eigenvalue weighted by Gasteiger charge is 2.59. The van der Waals surface area contributed by atoms with E-state index in [1.807, 2.05) is 0 Å². The van der Waals surface area contributed by atoms with Crippen LogP contribution in [0.2, 0.25) is 0 Å². The van der Waals surface area contributed by atoms with Crippen molar-refractivity contribution in [2.24, 2.45) is 5.41 Å². The van der Waals surface area contributed by atoms with E-state index in [0.717, 1.165) is 26.0 Å². The molecule has 0 unspecified atom stereocenters. The van der Waals surface area contributed by atoms with Gasteiger partial charge in [0.1, 0.15) is 4.88 Å². The van der Waals surface area contributed by atoms with E-state index >= 15 is 0 Å². The molecule has 6 heteroatoms. The third-order valence-corrected chi connectivity index (χ3v) is 5.97. The molecule has 1 aromatic rings. The molecule has 122 valence electrons. The molecule has 5 nitrogen and oxygen atoms in total. The van der Waals surface area contributed by atoms with E-state index in [2.05, 4.69) is 28.3 Å². The van der Waals surface area contributed by atoms with E-state index in [1.54, 1.807) is 6.20 Å². The van der Waals surface area contributed by atoms with E-state index in [1.165, 1.54) is 37.2 Å². The number of ether oxygens (including phenoxy) is 1. The topological polar surface area (TPSA) is 55.3 Å². The Morgan fingerprint density at radius 3 is 2.82 bits per heavy atom. The zero-order valence-electron chi connectivity index (χ0n) is 13.5. The van der Waals surface area contributed by atoms with Gasteiger partial charge in [0.15, 0.2) is 0 Å². The van der Waals surface area contributed by atoms with Gasteiger partial charge in [0.2, 0.25) is 0 Å². The van der Waals surface area contributed by atoms with Crippen LogP contribution in [0.4, 0.5) is 0 Å². The Morgan fingerprint density at radius 2 is 2.23 bits per heavy atom. The highest BCUT2D eigenvalue weighted by Crippen LogP contribution is 2.56. The van der Waals surface area contributed by atoms with Gasteiger partial charge < -0.3 is 9.64 Å². The summed E-state index contributed by atoms with van der Waals surface area (Å²) < 4.78 is 9.83. The molecule has 0 radical (unpaired) electrons. The summed E-state index contributed by atoms with van der Waals surface area (Å²) in [5, 5.41) is 3.82. The number of aromatic nitrogens is 2. The molecule has 0 bridgehead atoms. The maximum absolute atomic E-state index is 12.9. The maximum atomic E-state index is 12.9. The van der Waals surface area contributed by atoms with Crippen molar-refractivity contribution in [2.75, 3.05) is 13.2 Å². The number of carbonyl (C=O) groups excluding carboxylic acids is 1. The van der Waals surface area contributed by atoms with Crippen LogP contribution in [-0.2, 0) is 4.74 Å². The van der Waals surface area contributed by atoms with Crippen LogP contribution < -0.4 is 0 Å². The molecule has 2 aliphatic carbocycles. The van der Waals surface area contributed by atoms with Crippen molar-refractivity contribution in [2.45, 2.75) is 64.5 Å². The minimum atomic E-state index is 0.100. The molecular weight excluding hydrogens is 298 g/mol. The summed E-state index contributed by atoms with van der Waals surface area (Å²) in [6.45, 7) is 5.76. The fraction of sp³-hybridized carbons (Fsp3) is 0.812. The Labute approximate surface area is 136 Å². The van der Waals surface area contributed by atoms with Gasteiger partial charge in [-0.1, -0.05) is 24.3 Å². The van der Waals surface area contributed by atoms with Gasteiger partial charge in [-0.2, -0.15) is 0 Å². The van der Waals surface area contributed by atoms with Gasteiger partial charge in [-0.05, 0) is 44.1 Å².